The van der Waals surface area contributed by atoms with E-state index in [4.69, 9.17) is 5.11 Å². The molecule has 1 rings (SSSR count). The first-order valence-electron chi connectivity index (χ1n) is 5.43. The van der Waals surface area contributed by atoms with Gasteiger partial charge in [0.15, 0.2) is 0 Å². The molecule has 1 aromatic carbocycles. The molecule has 0 saturated carbocycles. The number of aliphatic hydroxyl groups excluding tert-OH is 1. The Morgan fingerprint density at radius 2 is 2.00 bits per heavy atom. The smallest absolute Gasteiger partial charge is 0.149 e. The maximum absolute atomic E-state index is 11.1. The first-order chi connectivity index (χ1) is 7.83. The molecular formula is C12H19NO3S. The monoisotopic (exact) mass is 257 g/mol. The number of aliphatic hydroxyl groups is 1. The molecule has 5 heteroatoms. The third-order valence-electron chi connectivity index (χ3n) is 2.73. The molecule has 0 unspecified atom stereocenters. The Morgan fingerprint density at radius 3 is 2.47 bits per heavy atom. The summed E-state index contributed by atoms with van der Waals surface area (Å²) in [5, 5.41) is 9.07. The summed E-state index contributed by atoms with van der Waals surface area (Å²) in [7, 11) is -1.07. The summed E-state index contributed by atoms with van der Waals surface area (Å²) >= 11 is 0. The number of nitrogens with zero attached hydrogens (tertiary/aromatic N) is 1. The highest BCUT2D eigenvalue weighted by Gasteiger charge is 2.07. The van der Waals surface area contributed by atoms with Crippen molar-refractivity contribution < 1.29 is 13.5 Å². The Kier molecular flexibility index (Phi) is 4.54. The van der Waals surface area contributed by atoms with Gasteiger partial charge in [-0.1, -0.05) is 6.07 Å². The fraction of sp³-hybridized carbons (Fsp3) is 0.500. The molecular weight excluding hydrogens is 238 g/mol. The molecule has 0 aliphatic rings. The molecule has 1 N–H and O–H groups in total. The van der Waals surface area contributed by atoms with Crippen molar-refractivity contribution in [2.24, 2.45) is 0 Å². The summed E-state index contributed by atoms with van der Waals surface area (Å²) in [6.07, 6.45) is 1.24. The number of benzene rings is 1. The van der Waals surface area contributed by atoms with Gasteiger partial charge >= 0.3 is 0 Å². The summed E-state index contributed by atoms with van der Waals surface area (Å²) in [5.74, 6) is 0.143. The third kappa shape index (κ3) is 4.36. The predicted molar refractivity (Wildman–Crippen MR) is 70.1 cm³/mol. The lowest BCUT2D eigenvalue weighted by atomic mass is 10.1. The topological polar surface area (TPSA) is 57.6 Å². The molecule has 0 spiro atoms. The Balaban J connectivity index is 2.76. The molecule has 0 aliphatic heterocycles. The van der Waals surface area contributed by atoms with E-state index in [0.29, 0.717) is 6.54 Å². The Hall–Kier alpha value is -1.07. The van der Waals surface area contributed by atoms with Crippen LogP contribution in [-0.4, -0.2) is 39.1 Å². The highest BCUT2D eigenvalue weighted by molar-refractivity contribution is 7.90. The zero-order chi connectivity index (χ0) is 13.1. The van der Waals surface area contributed by atoms with Gasteiger partial charge in [0.05, 0.1) is 12.4 Å². The second kappa shape index (κ2) is 5.51. The van der Waals surface area contributed by atoms with Crippen LogP contribution in [0, 0.1) is 6.92 Å². The van der Waals surface area contributed by atoms with Crippen LogP contribution in [0.2, 0.25) is 0 Å². The van der Waals surface area contributed by atoms with Gasteiger partial charge < -0.3 is 10.0 Å². The van der Waals surface area contributed by atoms with Crippen molar-refractivity contribution in [1.82, 2.24) is 0 Å². The molecule has 1 aromatic rings. The Labute approximate surface area is 103 Å². The molecule has 0 saturated heterocycles. The van der Waals surface area contributed by atoms with E-state index in [-0.39, 0.29) is 12.4 Å². The van der Waals surface area contributed by atoms with E-state index in [2.05, 4.69) is 0 Å². The van der Waals surface area contributed by atoms with Crippen LogP contribution in [0.25, 0.3) is 0 Å². The molecule has 0 aromatic heterocycles. The molecule has 4 nitrogen and oxygen atoms in total. The lowest BCUT2D eigenvalue weighted by Gasteiger charge is -2.20. The SMILES string of the molecule is Cc1cc(N(C)CCS(C)(=O)=O)ccc1CO. The summed E-state index contributed by atoms with van der Waals surface area (Å²) in [4.78, 5) is 1.90. The van der Waals surface area contributed by atoms with Crippen LogP contribution in [0.3, 0.4) is 0 Å². The van der Waals surface area contributed by atoms with E-state index in [1.54, 1.807) is 0 Å². The Bertz CT molecular complexity index is 483. The predicted octanol–water partition coefficient (Wildman–Crippen LogP) is 0.968. The third-order valence-corrected chi connectivity index (χ3v) is 3.66. The van der Waals surface area contributed by atoms with Gasteiger partial charge in [0.25, 0.3) is 0 Å². The first kappa shape index (κ1) is 14.0. The average Bonchev–Trinajstić information content (AvgIpc) is 2.24. The van der Waals surface area contributed by atoms with Crippen LogP contribution in [0.1, 0.15) is 11.1 Å². The maximum Gasteiger partial charge on any atom is 0.149 e. The van der Waals surface area contributed by atoms with E-state index in [1.807, 2.05) is 37.1 Å². The molecule has 0 radical (unpaired) electrons. The van der Waals surface area contributed by atoms with Crippen molar-refractivity contribution in [3.8, 4) is 0 Å². The quantitative estimate of drug-likeness (QED) is 0.854. The van der Waals surface area contributed by atoms with Gasteiger partial charge in [-0.05, 0) is 30.2 Å². The van der Waals surface area contributed by atoms with Gasteiger partial charge in [-0.3, -0.25) is 0 Å². The minimum atomic E-state index is -2.93. The molecule has 0 atom stereocenters. The maximum atomic E-state index is 11.1. The van der Waals surface area contributed by atoms with Crippen molar-refractivity contribution in [3.05, 3.63) is 29.3 Å². The summed E-state index contributed by atoms with van der Waals surface area (Å²) in [6, 6.07) is 5.70. The van der Waals surface area contributed by atoms with Crippen LogP contribution < -0.4 is 4.90 Å². The van der Waals surface area contributed by atoms with Crippen molar-refractivity contribution >= 4 is 15.5 Å². The molecule has 0 bridgehead atoms. The van der Waals surface area contributed by atoms with Crippen LogP contribution >= 0.6 is 0 Å². The number of hydrogen-bond donors (Lipinski definition) is 1. The van der Waals surface area contributed by atoms with Crippen molar-refractivity contribution in [2.45, 2.75) is 13.5 Å². The fourth-order valence-corrected chi connectivity index (χ4v) is 2.13. The molecule has 17 heavy (non-hydrogen) atoms. The lowest BCUT2D eigenvalue weighted by Crippen LogP contribution is -2.24. The standard InChI is InChI=1S/C12H19NO3S/c1-10-8-12(5-4-11(10)9-14)13(2)6-7-17(3,15)16/h4-5,8,14H,6-7,9H2,1-3H3. The van der Waals surface area contributed by atoms with E-state index in [1.165, 1.54) is 6.26 Å². The average molecular weight is 257 g/mol. The largest absolute Gasteiger partial charge is 0.392 e. The zero-order valence-electron chi connectivity index (χ0n) is 10.5. The number of rotatable bonds is 5. The van der Waals surface area contributed by atoms with Gasteiger partial charge in [0.1, 0.15) is 9.84 Å². The lowest BCUT2D eigenvalue weighted by molar-refractivity contribution is 0.281. The highest BCUT2D eigenvalue weighted by Crippen LogP contribution is 2.18. The van der Waals surface area contributed by atoms with Gasteiger partial charge in [0.2, 0.25) is 0 Å². The normalized spacial score (nSPS) is 11.5. The second-order valence-corrected chi connectivity index (χ2v) is 6.58. The fourth-order valence-electron chi connectivity index (χ4n) is 1.53. The van der Waals surface area contributed by atoms with E-state index >= 15 is 0 Å². The Morgan fingerprint density at radius 1 is 1.35 bits per heavy atom. The van der Waals surface area contributed by atoms with Crippen LogP contribution in [-0.2, 0) is 16.4 Å². The van der Waals surface area contributed by atoms with E-state index < -0.39 is 9.84 Å². The second-order valence-electron chi connectivity index (χ2n) is 4.32. The summed E-state index contributed by atoms with van der Waals surface area (Å²) in [6.45, 7) is 2.43. The van der Waals surface area contributed by atoms with Crippen molar-refractivity contribution in [3.63, 3.8) is 0 Å². The number of hydrogen-bond acceptors (Lipinski definition) is 4. The van der Waals surface area contributed by atoms with Crippen LogP contribution in [0.15, 0.2) is 18.2 Å². The molecule has 0 aliphatic carbocycles. The molecule has 0 fully saturated rings. The van der Waals surface area contributed by atoms with Gasteiger partial charge in [-0.25, -0.2) is 8.42 Å². The van der Waals surface area contributed by atoms with E-state index in [9.17, 15) is 8.42 Å². The van der Waals surface area contributed by atoms with E-state index in [0.717, 1.165) is 16.8 Å². The van der Waals surface area contributed by atoms with Gasteiger partial charge in [-0.15, -0.1) is 0 Å². The van der Waals surface area contributed by atoms with Gasteiger partial charge in [0, 0.05) is 25.5 Å². The van der Waals surface area contributed by atoms with Crippen molar-refractivity contribution in [2.75, 3.05) is 30.5 Å². The minimum absolute atomic E-state index is 0.0270. The van der Waals surface area contributed by atoms with Crippen LogP contribution in [0.4, 0.5) is 5.69 Å². The number of sulfone groups is 1. The minimum Gasteiger partial charge on any atom is -0.392 e. The van der Waals surface area contributed by atoms with Crippen molar-refractivity contribution in [1.29, 1.82) is 0 Å². The van der Waals surface area contributed by atoms with Crippen LogP contribution in [0.5, 0.6) is 0 Å². The summed E-state index contributed by atoms with van der Waals surface area (Å²) in [5.41, 5.74) is 2.87. The highest BCUT2D eigenvalue weighted by atomic mass is 32.2. The van der Waals surface area contributed by atoms with Gasteiger partial charge in [-0.2, -0.15) is 0 Å². The number of anilines is 1. The number of aryl methyl sites for hydroxylation is 1. The zero-order valence-corrected chi connectivity index (χ0v) is 11.3. The summed E-state index contributed by atoms with van der Waals surface area (Å²) < 4.78 is 22.1. The molecule has 96 valence electrons. The molecule has 0 amide bonds. The molecule has 0 heterocycles. The first-order valence-corrected chi connectivity index (χ1v) is 7.49.